The van der Waals surface area contributed by atoms with E-state index < -0.39 is 272 Å². The molecular formula is C48H81N3O35. The zero-order valence-corrected chi connectivity index (χ0v) is 46.5. The molecule has 7 heterocycles. The minimum Gasteiger partial charge on any atom is -0.394 e. The summed E-state index contributed by atoms with van der Waals surface area (Å²) in [5.74, 6) is -2.52. The Morgan fingerprint density at radius 2 is 0.698 bits per heavy atom. The molecule has 7 rings (SSSR count). The minimum absolute atomic E-state index is 0.828. The van der Waals surface area contributed by atoms with Crippen molar-refractivity contribution in [2.45, 2.75) is 242 Å². The standard InChI is InChI=1S/C48H81N3O35/c1-11-24(60)31(67)34(70)45(75-11)86-41-33(69)26(62)16(6-53)79-48(41)83-38-18(8-55)80-43(21(29(38)65)49-12(2)57)74-10-20-28(64)39(23(42(73)76-20)51-14(4)59)84-47-36(72)40(27(63)17(7-54)78-47)85-44-22(50-13(3)58)30(66)37(19(9-56)81-44)82-46-35(71)32(68)25(61)15(5-52)77-46/h11,15-48,52-56,60-73H,5-10H2,1-4H3,(H,49,57)(H,50,58)(H,51,59)/t11-,15+,16+,17+,18+,19+,20+,21+,22+,23+,24+,25-,26-,27-,28-,29+,30+,31+,32-,33-,34-,35+,36+,37+,38+,39+,40-,41+,42-,43+,44-,45-,46-,47-,48-/m0/s1. The largest absolute Gasteiger partial charge is 0.394 e. The van der Waals surface area contributed by atoms with E-state index in [0.717, 1.165) is 20.8 Å². The Labute approximate surface area is 488 Å². The van der Waals surface area contributed by atoms with E-state index in [1.807, 2.05) is 0 Å². The molecule has 0 spiro atoms. The fourth-order valence-electron chi connectivity index (χ4n) is 11.0. The summed E-state index contributed by atoms with van der Waals surface area (Å²) >= 11 is 0. The number of rotatable bonds is 21. The number of hydrogen-bond donors (Lipinski definition) is 22. The molecule has 0 unspecified atom stereocenters. The number of carbonyl (C=O) groups excluding carboxylic acids is 3. The minimum atomic E-state index is -2.26. The van der Waals surface area contributed by atoms with Crippen LogP contribution in [0.3, 0.4) is 0 Å². The molecular weight excluding hydrogens is 1180 g/mol. The first kappa shape index (κ1) is 70.6. The van der Waals surface area contributed by atoms with Crippen molar-refractivity contribution < 1.29 is 173 Å². The van der Waals surface area contributed by atoms with Crippen LogP contribution in [-0.4, -0.2) is 369 Å². The molecule has 0 radical (unpaired) electrons. The summed E-state index contributed by atoms with van der Waals surface area (Å²) in [4.78, 5) is 37.8. The van der Waals surface area contributed by atoms with Crippen LogP contribution < -0.4 is 16.0 Å². The van der Waals surface area contributed by atoms with Crippen molar-refractivity contribution in [1.82, 2.24) is 16.0 Å². The number of amides is 3. The van der Waals surface area contributed by atoms with Crippen LogP contribution in [0, 0.1) is 0 Å². The van der Waals surface area contributed by atoms with Gasteiger partial charge in [0.25, 0.3) is 0 Å². The van der Waals surface area contributed by atoms with E-state index in [4.69, 9.17) is 61.6 Å². The van der Waals surface area contributed by atoms with Crippen LogP contribution in [-0.2, 0) is 76.0 Å². The summed E-state index contributed by atoms with van der Waals surface area (Å²) in [7, 11) is 0. The number of carbonyl (C=O) groups is 3. The third kappa shape index (κ3) is 15.4. The first-order valence-corrected chi connectivity index (χ1v) is 27.5. The Kier molecular flexibility index (Phi) is 25.0. The van der Waals surface area contributed by atoms with E-state index in [1.54, 1.807) is 0 Å². The first-order chi connectivity index (χ1) is 40.6. The Bertz CT molecular complexity index is 2170. The van der Waals surface area contributed by atoms with Gasteiger partial charge in [0.15, 0.2) is 44.0 Å². The highest BCUT2D eigenvalue weighted by molar-refractivity contribution is 5.74. The Morgan fingerprint density at radius 3 is 1.22 bits per heavy atom. The summed E-state index contributed by atoms with van der Waals surface area (Å²) < 4.78 is 75.1. The van der Waals surface area contributed by atoms with Crippen molar-refractivity contribution in [3.05, 3.63) is 0 Å². The molecule has 0 saturated carbocycles. The zero-order chi connectivity index (χ0) is 63.5. The maximum absolute atomic E-state index is 12.7. The molecule has 7 saturated heterocycles. The van der Waals surface area contributed by atoms with Gasteiger partial charge in [0.1, 0.15) is 165 Å². The van der Waals surface area contributed by atoms with Gasteiger partial charge in [0.05, 0.1) is 45.7 Å². The van der Waals surface area contributed by atoms with Crippen LogP contribution >= 0.6 is 0 Å². The molecule has 7 aliphatic heterocycles. The van der Waals surface area contributed by atoms with Crippen molar-refractivity contribution in [1.29, 1.82) is 0 Å². The summed E-state index contributed by atoms with van der Waals surface area (Å²) in [6, 6.07) is -5.24. The van der Waals surface area contributed by atoms with Gasteiger partial charge in [-0.15, -0.1) is 0 Å². The Balaban J connectivity index is 1.08. The molecule has 498 valence electrons. The Morgan fingerprint density at radius 1 is 0.326 bits per heavy atom. The second-order valence-electron chi connectivity index (χ2n) is 21.8. The van der Waals surface area contributed by atoms with Crippen LogP contribution in [0.1, 0.15) is 27.7 Å². The van der Waals surface area contributed by atoms with Crippen LogP contribution in [0.15, 0.2) is 0 Å². The van der Waals surface area contributed by atoms with Crippen LogP contribution in [0.4, 0.5) is 0 Å². The van der Waals surface area contributed by atoms with Gasteiger partial charge in [0, 0.05) is 20.8 Å². The Hall–Kier alpha value is -2.87. The lowest BCUT2D eigenvalue weighted by Crippen LogP contribution is -2.70. The SMILES string of the molecule is CC(=O)N[C@@H]1[C@@H](O[C@@H]2O[C@H](CO)[C@H](O)[C@H](O[C@@H]3O[C@H](CO)[C@@H](O[C@@H]4O[C@H](CO)[C@H](O)[C@H](O)[C@H]4O)[C@H](O)[C@H]3NC(C)=O)[C@H]2O)[C@@H](O)[C@@H](CO[C@@H]2O[C@H](CO)[C@@H](O[C@@H]3O[C@H](CO)[C@H](O)[C@H](O)[C@H]3O[C@@H]3O[C@@H](C)[C@@H](O)[C@@H](O)[C@@H]3O)[C@H](O)[C@H]2NC(C)=O)O[C@@H]1O. The van der Waals surface area contributed by atoms with E-state index in [-0.39, 0.29) is 0 Å². The van der Waals surface area contributed by atoms with Gasteiger partial charge in [-0.3, -0.25) is 14.4 Å². The summed E-state index contributed by atoms with van der Waals surface area (Å²) in [6.07, 6.45) is -59.9. The average Bonchev–Trinajstić information content (AvgIpc) is 2.12. The molecule has 7 aliphatic rings. The fourth-order valence-corrected chi connectivity index (χ4v) is 11.0. The number of nitrogens with one attached hydrogen (secondary N) is 3. The average molecular weight is 1260 g/mol. The second-order valence-corrected chi connectivity index (χ2v) is 21.8. The third-order valence-electron chi connectivity index (χ3n) is 15.7. The maximum Gasteiger partial charge on any atom is 0.217 e. The third-order valence-corrected chi connectivity index (χ3v) is 15.7. The highest BCUT2D eigenvalue weighted by atomic mass is 16.8. The lowest BCUT2D eigenvalue weighted by Gasteiger charge is -2.50. The van der Waals surface area contributed by atoms with Gasteiger partial charge in [-0.05, 0) is 6.92 Å². The van der Waals surface area contributed by atoms with Crippen molar-refractivity contribution in [3.63, 3.8) is 0 Å². The molecule has 22 N–H and O–H groups in total. The molecule has 0 aromatic carbocycles. The quantitative estimate of drug-likeness (QED) is 0.0507. The van der Waals surface area contributed by atoms with Gasteiger partial charge >= 0.3 is 0 Å². The molecule has 0 aliphatic carbocycles. The highest BCUT2D eigenvalue weighted by Gasteiger charge is 2.58. The van der Waals surface area contributed by atoms with Gasteiger partial charge in [-0.25, -0.2) is 0 Å². The van der Waals surface area contributed by atoms with E-state index in [9.17, 15) is 111 Å². The fraction of sp³-hybridized carbons (Fsp3) is 0.938. The molecule has 0 bridgehead atoms. The highest BCUT2D eigenvalue weighted by Crippen LogP contribution is 2.37. The van der Waals surface area contributed by atoms with Crippen molar-refractivity contribution >= 4 is 17.7 Å². The lowest BCUT2D eigenvalue weighted by atomic mass is 9.94. The lowest BCUT2D eigenvalue weighted by molar-refractivity contribution is -0.384. The normalized spacial score (nSPS) is 49.4. The maximum atomic E-state index is 12.7. The van der Waals surface area contributed by atoms with Crippen molar-refractivity contribution in [2.75, 3.05) is 39.6 Å². The van der Waals surface area contributed by atoms with Crippen LogP contribution in [0.5, 0.6) is 0 Å². The molecule has 3 amide bonds. The number of aliphatic hydroxyl groups is 19. The molecule has 35 atom stereocenters. The van der Waals surface area contributed by atoms with Gasteiger partial charge in [-0.2, -0.15) is 0 Å². The van der Waals surface area contributed by atoms with Gasteiger partial charge < -0.3 is 175 Å². The predicted molar refractivity (Wildman–Crippen MR) is 265 cm³/mol. The molecule has 86 heavy (non-hydrogen) atoms. The molecule has 38 heteroatoms. The first-order valence-electron chi connectivity index (χ1n) is 27.5. The summed E-state index contributed by atoms with van der Waals surface area (Å²) in [5.41, 5.74) is 0. The smallest absolute Gasteiger partial charge is 0.217 e. The molecule has 7 fully saturated rings. The van der Waals surface area contributed by atoms with Gasteiger partial charge in [-0.1, -0.05) is 0 Å². The second kappa shape index (κ2) is 30.5. The van der Waals surface area contributed by atoms with Crippen LogP contribution in [0.2, 0.25) is 0 Å². The van der Waals surface area contributed by atoms with E-state index >= 15 is 0 Å². The van der Waals surface area contributed by atoms with Gasteiger partial charge in [0.2, 0.25) is 17.7 Å². The predicted octanol–water partition coefficient (Wildman–Crippen LogP) is -14.8. The van der Waals surface area contributed by atoms with Crippen LogP contribution in [0.25, 0.3) is 0 Å². The number of hydrogen-bond acceptors (Lipinski definition) is 35. The molecule has 0 aromatic rings. The molecule has 0 aromatic heterocycles. The van der Waals surface area contributed by atoms with E-state index in [1.165, 1.54) is 6.92 Å². The van der Waals surface area contributed by atoms with E-state index in [2.05, 4.69) is 16.0 Å². The number of aliphatic hydroxyl groups excluding tert-OH is 19. The van der Waals surface area contributed by atoms with Crippen molar-refractivity contribution in [3.8, 4) is 0 Å². The van der Waals surface area contributed by atoms with E-state index in [0.29, 0.717) is 0 Å². The topological polar surface area (TPSA) is 592 Å². The zero-order valence-electron chi connectivity index (χ0n) is 46.5. The number of ether oxygens (including phenoxy) is 13. The summed E-state index contributed by atoms with van der Waals surface area (Å²) in [6.45, 7) is -1.45. The van der Waals surface area contributed by atoms with Crippen molar-refractivity contribution in [2.24, 2.45) is 0 Å². The molecule has 38 nitrogen and oxygen atoms in total. The summed E-state index contributed by atoms with van der Waals surface area (Å²) in [5, 5.41) is 213. The monoisotopic (exact) mass is 1260 g/mol.